The molecule has 1 fully saturated rings. The molecule has 0 atom stereocenters. The Labute approximate surface area is 166 Å². The monoisotopic (exact) mass is 402 g/mol. The van der Waals surface area contributed by atoms with E-state index in [-0.39, 0.29) is 11.8 Å². The van der Waals surface area contributed by atoms with E-state index in [1.54, 1.807) is 18.2 Å². The fraction of sp³-hybridized carbons (Fsp3) is 0.300. The number of nitrogens with zero attached hydrogens (tertiary/aromatic N) is 2. The first-order valence-electron chi connectivity index (χ1n) is 8.87. The van der Waals surface area contributed by atoms with Crippen LogP contribution in [0.15, 0.2) is 41.4 Å². The maximum atomic E-state index is 13.3. The van der Waals surface area contributed by atoms with Gasteiger partial charge in [0.2, 0.25) is 0 Å². The summed E-state index contributed by atoms with van der Waals surface area (Å²) in [5.41, 5.74) is 1.45. The van der Waals surface area contributed by atoms with Crippen LogP contribution in [-0.4, -0.2) is 36.9 Å². The molecule has 1 aromatic heterocycles. The number of halogens is 1. The molecule has 3 heterocycles. The number of methoxy groups -OCH3 is 1. The Hall–Kier alpha value is -2.31. The summed E-state index contributed by atoms with van der Waals surface area (Å²) in [6.45, 7) is 1.58. The van der Waals surface area contributed by atoms with E-state index in [4.69, 9.17) is 16.3 Å². The van der Waals surface area contributed by atoms with Crippen LogP contribution in [0.25, 0.3) is 5.57 Å². The lowest BCUT2D eigenvalue weighted by atomic mass is 10.1. The van der Waals surface area contributed by atoms with Gasteiger partial charge in [0, 0.05) is 18.0 Å². The van der Waals surface area contributed by atoms with Crippen molar-refractivity contribution in [3.63, 3.8) is 0 Å². The zero-order valence-electron chi connectivity index (χ0n) is 14.9. The highest BCUT2D eigenvalue weighted by atomic mass is 35.5. The van der Waals surface area contributed by atoms with Crippen LogP contribution in [0.4, 0.5) is 5.69 Å². The minimum atomic E-state index is -0.302. The van der Waals surface area contributed by atoms with E-state index < -0.39 is 0 Å². The molecule has 7 heteroatoms. The van der Waals surface area contributed by atoms with E-state index in [0.29, 0.717) is 27.7 Å². The zero-order chi connectivity index (χ0) is 19.0. The second-order valence-corrected chi connectivity index (χ2v) is 7.87. The summed E-state index contributed by atoms with van der Waals surface area (Å²) in [6, 6.07) is 8.74. The van der Waals surface area contributed by atoms with Gasteiger partial charge in [-0.2, -0.15) is 0 Å². The summed E-state index contributed by atoms with van der Waals surface area (Å²) in [5, 5.41) is 2.28. The van der Waals surface area contributed by atoms with Crippen LogP contribution >= 0.6 is 22.9 Å². The molecule has 140 valence electrons. The summed E-state index contributed by atoms with van der Waals surface area (Å²) in [5.74, 6) is -0.0852. The number of ether oxygens (including phenoxy) is 1. The molecule has 2 aliphatic rings. The lowest BCUT2D eigenvalue weighted by Crippen LogP contribution is -2.37. The summed E-state index contributed by atoms with van der Waals surface area (Å²) >= 11 is 7.70. The summed E-state index contributed by atoms with van der Waals surface area (Å²) in [7, 11) is 1.53. The van der Waals surface area contributed by atoms with E-state index >= 15 is 0 Å². The standard InChI is InChI=1S/C20H19ClN2O3S/c1-26-15-8-7-13(12-14(15)21)23-19(24)17(16-6-5-11-27-16)18(20(23)25)22-9-3-2-4-10-22/h5-8,11-12H,2-4,9-10H2,1H3. The number of hydrogen-bond donors (Lipinski definition) is 0. The third kappa shape index (κ3) is 3.13. The molecule has 5 nitrogen and oxygen atoms in total. The minimum Gasteiger partial charge on any atom is -0.495 e. The van der Waals surface area contributed by atoms with Crippen LogP contribution in [0.3, 0.4) is 0 Å². The first kappa shape index (κ1) is 18.1. The molecule has 0 saturated carbocycles. The van der Waals surface area contributed by atoms with Crippen molar-refractivity contribution in [1.82, 2.24) is 4.90 Å². The van der Waals surface area contributed by atoms with Crippen LogP contribution < -0.4 is 9.64 Å². The number of carbonyl (C=O) groups is 2. The van der Waals surface area contributed by atoms with Crippen molar-refractivity contribution >= 4 is 46.0 Å². The summed E-state index contributed by atoms with van der Waals surface area (Å²) in [6.07, 6.45) is 3.20. The Morgan fingerprint density at radius 1 is 1.07 bits per heavy atom. The average Bonchev–Trinajstić information content (AvgIpc) is 3.28. The van der Waals surface area contributed by atoms with E-state index in [9.17, 15) is 9.59 Å². The van der Waals surface area contributed by atoms with E-state index in [2.05, 4.69) is 4.90 Å². The number of carbonyl (C=O) groups excluding carboxylic acids is 2. The number of piperidine rings is 1. The van der Waals surface area contributed by atoms with Crippen LogP contribution in [0.2, 0.25) is 5.02 Å². The molecule has 27 heavy (non-hydrogen) atoms. The summed E-state index contributed by atoms with van der Waals surface area (Å²) < 4.78 is 5.18. The van der Waals surface area contributed by atoms with Gasteiger partial charge < -0.3 is 9.64 Å². The lowest BCUT2D eigenvalue weighted by Gasteiger charge is -2.29. The van der Waals surface area contributed by atoms with Crippen molar-refractivity contribution in [2.24, 2.45) is 0 Å². The van der Waals surface area contributed by atoms with Gasteiger partial charge in [0.05, 0.1) is 23.4 Å². The van der Waals surface area contributed by atoms with Crippen molar-refractivity contribution in [2.45, 2.75) is 19.3 Å². The number of imide groups is 1. The first-order chi connectivity index (χ1) is 13.1. The highest BCUT2D eigenvalue weighted by Gasteiger charge is 2.43. The second-order valence-electron chi connectivity index (χ2n) is 6.51. The van der Waals surface area contributed by atoms with Gasteiger partial charge in [0.1, 0.15) is 11.4 Å². The first-order valence-corrected chi connectivity index (χ1v) is 10.1. The van der Waals surface area contributed by atoms with Gasteiger partial charge >= 0.3 is 0 Å². The number of likely N-dealkylation sites (tertiary alicyclic amines) is 1. The summed E-state index contributed by atoms with van der Waals surface area (Å²) in [4.78, 5) is 30.7. The van der Waals surface area contributed by atoms with E-state index in [1.165, 1.54) is 23.3 Å². The molecule has 4 rings (SSSR count). The molecule has 1 aromatic carbocycles. The molecule has 0 spiro atoms. The van der Waals surface area contributed by atoms with Gasteiger partial charge in [-0.15, -0.1) is 11.3 Å². The molecule has 0 radical (unpaired) electrons. The largest absolute Gasteiger partial charge is 0.495 e. The van der Waals surface area contributed by atoms with Crippen LogP contribution in [-0.2, 0) is 9.59 Å². The smallest absolute Gasteiger partial charge is 0.282 e. The molecule has 2 aromatic rings. The fourth-order valence-electron chi connectivity index (χ4n) is 3.60. The van der Waals surface area contributed by atoms with Crippen molar-refractivity contribution < 1.29 is 14.3 Å². The Balaban J connectivity index is 1.78. The predicted molar refractivity (Wildman–Crippen MR) is 107 cm³/mol. The third-order valence-corrected chi connectivity index (χ3v) is 6.08. The quantitative estimate of drug-likeness (QED) is 0.720. The molecular weight excluding hydrogens is 384 g/mol. The highest BCUT2D eigenvalue weighted by molar-refractivity contribution is 7.11. The molecule has 0 N–H and O–H groups in total. The van der Waals surface area contributed by atoms with Crippen molar-refractivity contribution in [1.29, 1.82) is 0 Å². The van der Waals surface area contributed by atoms with Gasteiger partial charge in [-0.25, -0.2) is 4.90 Å². The fourth-order valence-corrected chi connectivity index (χ4v) is 4.62. The Morgan fingerprint density at radius 2 is 1.85 bits per heavy atom. The van der Waals surface area contributed by atoms with E-state index in [1.807, 2.05) is 17.5 Å². The number of thiophene rings is 1. The molecule has 2 amide bonds. The van der Waals surface area contributed by atoms with Gasteiger partial charge in [-0.05, 0) is 48.9 Å². The number of benzene rings is 1. The van der Waals surface area contributed by atoms with Crippen molar-refractivity contribution in [2.75, 3.05) is 25.1 Å². The number of rotatable bonds is 4. The maximum Gasteiger partial charge on any atom is 0.282 e. The van der Waals surface area contributed by atoms with Crippen molar-refractivity contribution in [3.8, 4) is 5.75 Å². The normalized spacial score (nSPS) is 17.9. The van der Waals surface area contributed by atoms with E-state index in [0.717, 1.165) is 37.2 Å². The topological polar surface area (TPSA) is 49.9 Å². The Morgan fingerprint density at radius 3 is 2.48 bits per heavy atom. The molecular formula is C20H19ClN2O3S. The van der Waals surface area contributed by atoms with Gasteiger partial charge in [-0.3, -0.25) is 9.59 Å². The van der Waals surface area contributed by atoms with Gasteiger partial charge in [-0.1, -0.05) is 17.7 Å². The number of anilines is 1. The molecule has 1 saturated heterocycles. The lowest BCUT2D eigenvalue weighted by molar-refractivity contribution is -0.120. The second kappa shape index (κ2) is 7.37. The highest BCUT2D eigenvalue weighted by Crippen LogP contribution is 2.39. The molecule has 2 aliphatic heterocycles. The Bertz CT molecular complexity index is 917. The van der Waals surface area contributed by atoms with Crippen LogP contribution in [0, 0.1) is 0 Å². The predicted octanol–water partition coefficient (Wildman–Crippen LogP) is 4.18. The van der Waals surface area contributed by atoms with Gasteiger partial charge in [0.15, 0.2) is 0 Å². The van der Waals surface area contributed by atoms with Gasteiger partial charge in [0.25, 0.3) is 11.8 Å². The molecule has 0 unspecified atom stereocenters. The molecule has 0 aliphatic carbocycles. The SMILES string of the molecule is COc1ccc(N2C(=O)C(c3cccs3)=C(N3CCCCC3)C2=O)cc1Cl. The number of amides is 2. The third-order valence-electron chi connectivity index (χ3n) is 4.89. The van der Waals surface area contributed by atoms with Crippen LogP contribution in [0.1, 0.15) is 24.1 Å². The Kier molecular flexibility index (Phi) is 4.93. The zero-order valence-corrected chi connectivity index (χ0v) is 16.5. The average molecular weight is 403 g/mol. The van der Waals surface area contributed by atoms with Crippen molar-refractivity contribution in [3.05, 3.63) is 51.3 Å². The maximum absolute atomic E-state index is 13.3. The number of hydrogen-bond acceptors (Lipinski definition) is 5. The van der Waals surface area contributed by atoms with Crippen LogP contribution in [0.5, 0.6) is 5.75 Å². The minimum absolute atomic E-state index is 0.286. The molecule has 0 bridgehead atoms.